The van der Waals surface area contributed by atoms with E-state index in [2.05, 4.69) is 50.0 Å². The SMILES string of the molecule is CCCC(C)(CNC)Cc1ccn(C(C)CC)n1. The molecule has 0 saturated carbocycles. The Kier molecular flexibility index (Phi) is 5.86. The highest BCUT2D eigenvalue weighted by Gasteiger charge is 2.24. The molecule has 0 radical (unpaired) electrons. The van der Waals surface area contributed by atoms with Crippen LogP contribution in [0.15, 0.2) is 12.3 Å². The first kappa shape index (κ1) is 15.2. The van der Waals surface area contributed by atoms with E-state index in [1.807, 2.05) is 7.05 Å². The van der Waals surface area contributed by atoms with Gasteiger partial charge in [-0.1, -0.05) is 27.2 Å². The lowest BCUT2D eigenvalue weighted by atomic mass is 9.81. The smallest absolute Gasteiger partial charge is 0.0630 e. The summed E-state index contributed by atoms with van der Waals surface area (Å²) in [5.74, 6) is 0. The molecule has 3 nitrogen and oxygen atoms in total. The Bertz CT molecular complexity index is 337. The molecule has 0 fully saturated rings. The van der Waals surface area contributed by atoms with Gasteiger partial charge < -0.3 is 5.32 Å². The van der Waals surface area contributed by atoms with Gasteiger partial charge in [0.1, 0.15) is 0 Å². The molecular weight excluding hydrogens is 222 g/mol. The van der Waals surface area contributed by atoms with E-state index >= 15 is 0 Å². The molecule has 0 aliphatic carbocycles. The van der Waals surface area contributed by atoms with Crippen LogP contribution in [0, 0.1) is 5.41 Å². The van der Waals surface area contributed by atoms with Crippen LogP contribution in [0.1, 0.15) is 58.7 Å². The van der Waals surface area contributed by atoms with Crippen molar-refractivity contribution in [1.29, 1.82) is 0 Å². The van der Waals surface area contributed by atoms with Gasteiger partial charge in [0, 0.05) is 18.8 Å². The van der Waals surface area contributed by atoms with Crippen LogP contribution in [-0.4, -0.2) is 23.4 Å². The van der Waals surface area contributed by atoms with Gasteiger partial charge in [-0.05, 0) is 44.7 Å². The number of rotatable bonds is 8. The van der Waals surface area contributed by atoms with Crippen LogP contribution in [0.4, 0.5) is 0 Å². The van der Waals surface area contributed by atoms with E-state index in [4.69, 9.17) is 5.10 Å². The summed E-state index contributed by atoms with van der Waals surface area (Å²) in [5, 5.41) is 8.04. The minimum Gasteiger partial charge on any atom is -0.319 e. The molecule has 1 rings (SSSR count). The Morgan fingerprint density at radius 2 is 2.17 bits per heavy atom. The Hall–Kier alpha value is -0.830. The maximum Gasteiger partial charge on any atom is 0.0630 e. The van der Waals surface area contributed by atoms with Crippen molar-refractivity contribution in [2.24, 2.45) is 5.41 Å². The molecule has 18 heavy (non-hydrogen) atoms. The molecule has 0 spiro atoms. The molecule has 1 N–H and O–H groups in total. The van der Waals surface area contributed by atoms with E-state index in [9.17, 15) is 0 Å². The fourth-order valence-electron chi connectivity index (χ4n) is 2.61. The van der Waals surface area contributed by atoms with Gasteiger partial charge in [0.2, 0.25) is 0 Å². The largest absolute Gasteiger partial charge is 0.319 e. The van der Waals surface area contributed by atoms with Gasteiger partial charge >= 0.3 is 0 Å². The van der Waals surface area contributed by atoms with Crippen molar-refractivity contribution in [2.75, 3.05) is 13.6 Å². The minimum atomic E-state index is 0.318. The first-order chi connectivity index (χ1) is 8.54. The van der Waals surface area contributed by atoms with Crippen molar-refractivity contribution >= 4 is 0 Å². The minimum absolute atomic E-state index is 0.318. The van der Waals surface area contributed by atoms with E-state index in [0.717, 1.165) is 19.4 Å². The van der Waals surface area contributed by atoms with Crippen molar-refractivity contribution in [3.8, 4) is 0 Å². The second kappa shape index (κ2) is 6.93. The Morgan fingerprint density at radius 3 is 2.72 bits per heavy atom. The number of nitrogens with one attached hydrogen (secondary N) is 1. The van der Waals surface area contributed by atoms with Gasteiger partial charge in [-0.3, -0.25) is 4.68 Å². The second-order valence-corrected chi connectivity index (χ2v) is 5.81. The molecule has 0 amide bonds. The monoisotopic (exact) mass is 251 g/mol. The highest BCUT2D eigenvalue weighted by Crippen LogP contribution is 2.27. The molecule has 0 saturated heterocycles. The summed E-state index contributed by atoms with van der Waals surface area (Å²) in [5.41, 5.74) is 1.54. The van der Waals surface area contributed by atoms with Crippen LogP contribution >= 0.6 is 0 Å². The van der Waals surface area contributed by atoms with Crippen LogP contribution < -0.4 is 5.32 Å². The van der Waals surface area contributed by atoms with E-state index in [-0.39, 0.29) is 0 Å². The first-order valence-electron chi connectivity index (χ1n) is 7.23. The van der Waals surface area contributed by atoms with Gasteiger partial charge in [0.25, 0.3) is 0 Å². The first-order valence-corrected chi connectivity index (χ1v) is 7.23. The summed E-state index contributed by atoms with van der Waals surface area (Å²) in [6.45, 7) is 10.1. The van der Waals surface area contributed by atoms with Crippen LogP contribution in [0.5, 0.6) is 0 Å². The Morgan fingerprint density at radius 1 is 1.44 bits per heavy atom. The quantitative estimate of drug-likeness (QED) is 0.767. The number of nitrogens with zero attached hydrogens (tertiary/aromatic N) is 2. The van der Waals surface area contributed by atoms with Crippen molar-refractivity contribution in [3.05, 3.63) is 18.0 Å². The molecule has 3 heteroatoms. The molecule has 104 valence electrons. The predicted octanol–water partition coefficient (Wildman–Crippen LogP) is 3.42. The molecule has 2 unspecified atom stereocenters. The molecule has 0 aromatic carbocycles. The van der Waals surface area contributed by atoms with Gasteiger partial charge in [-0.2, -0.15) is 5.10 Å². The molecule has 0 aliphatic rings. The molecule has 2 atom stereocenters. The van der Waals surface area contributed by atoms with Gasteiger partial charge in [0.15, 0.2) is 0 Å². The van der Waals surface area contributed by atoms with E-state index in [1.165, 1.54) is 18.5 Å². The predicted molar refractivity (Wildman–Crippen MR) is 77.9 cm³/mol. The van der Waals surface area contributed by atoms with Crippen LogP contribution in [0.2, 0.25) is 0 Å². The van der Waals surface area contributed by atoms with E-state index < -0.39 is 0 Å². The molecule has 1 heterocycles. The summed E-state index contributed by atoms with van der Waals surface area (Å²) >= 11 is 0. The summed E-state index contributed by atoms with van der Waals surface area (Å²) in [6, 6.07) is 2.68. The van der Waals surface area contributed by atoms with Crippen molar-refractivity contribution in [1.82, 2.24) is 15.1 Å². The fraction of sp³-hybridized carbons (Fsp3) is 0.800. The zero-order valence-corrected chi connectivity index (χ0v) is 12.7. The molecule has 1 aromatic rings. The highest BCUT2D eigenvalue weighted by atomic mass is 15.3. The number of aromatic nitrogens is 2. The van der Waals surface area contributed by atoms with Crippen LogP contribution in [0.3, 0.4) is 0 Å². The average molecular weight is 251 g/mol. The second-order valence-electron chi connectivity index (χ2n) is 5.81. The standard InChI is InChI=1S/C15H29N3/c1-6-9-15(4,12-16-5)11-14-8-10-18(17-14)13(3)7-2/h8,10,13,16H,6-7,9,11-12H2,1-5H3. The van der Waals surface area contributed by atoms with Crippen molar-refractivity contribution in [3.63, 3.8) is 0 Å². The Balaban J connectivity index is 2.72. The zero-order chi connectivity index (χ0) is 13.6. The lowest BCUT2D eigenvalue weighted by Crippen LogP contribution is -2.32. The van der Waals surface area contributed by atoms with Gasteiger partial charge in [-0.15, -0.1) is 0 Å². The van der Waals surface area contributed by atoms with Crippen LogP contribution in [-0.2, 0) is 6.42 Å². The van der Waals surface area contributed by atoms with Gasteiger partial charge in [-0.25, -0.2) is 0 Å². The third kappa shape index (κ3) is 4.13. The third-order valence-electron chi connectivity index (χ3n) is 3.77. The molecule has 0 aliphatic heterocycles. The maximum absolute atomic E-state index is 4.72. The fourth-order valence-corrected chi connectivity index (χ4v) is 2.61. The molecule has 0 bridgehead atoms. The van der Waals surface area contributed by atoms with Crippen molar-refractivity contribution in [2.45, 2.75) is 59.4 Å². The van der Waals surface area contributed by atoms with E-state index in [0.29, 0.717) is 11.5 Å². The third-order valence-corrected chi connectivity index (χ3v) is 3.77. The number of hydrogen-bond donors (Lipinski definition) is 1. The highest BCUT2D eigenvalue weighted by molar-refractivity contribution is 5.03. The maximum atomic E-state index is 4.72. The van der Waals surface area contributed by atoms with Crippen molar-refractivity contribution < 1.29 is 0 Å². The lowest BCUT2D eigenvalue weighted by Gasteiger charge is -2.28. The molecule has 1 aromatic heterocycles. The Labute approximate surface area is 112 Å². The van der Waals surface area contributed by atoms with Gasteiger partial charge in [0.05, 0.1) is 5.69 Å². The normalized spacial score (nSPS) is 16.5. The average Bonchev–Trinajstić information content (AvgIpc) is 2.76. The van der Waals surface area contributed by atoms with Crippen LogP contribution in [0.25, 0.3) is 0 Å². The lowest BCUT2D eigenvalue weighted by molar-refractivity contribution is 0.278. The zero-order valence-electron chi connectivity index (χ0n) is 12.7. The topological polar surface area (TPSA) is 29.9 Å². The van der Waals surface area contributed by atoms with E-state index in [1.54, 1.807) is 0 Å². The molecular formula is C15H29N3. The summed E-state index contributed by atoms with van der Waals surface area (Å²) in [7, 11) is 2.03. The number of hydrogen-bond acceptors (Lipinski definition) is 2. The summed E-state index contributed by atoms with van der Waals surface area (Å²) < 4.78 is 2.10. The summed E-state index contributed by atoms with van der Waals surface area (Å²) in [6.07, 6.45) is 6.78. The summed E-state index contributed by atoms with van der Waals surface area (Å²) in [4.78, 5) is 0.